The number of rotatable bonds is 15. The summed E-state index contributed by atoms with van der Waals surface area (Å²) in [5, 5.41) is 29.4. The molecule has 2 rings (SSSR count). The number of benzene rings is 1. The Morgan fingerprint density at radius 2 is 1.44 bits per heavy atom. The van der Waals surface area contributed by atoms with E-state index < -0.39 is 119 Å². The first-order valence-electron chi connectivity index (χ1n) is 14.3. The fraction of sp³-hybridized carbons (Fsp3) is 0.448. The zero-order valence-electron chi connectivity index (χ0n) is 26.0. The number of halogens is 3. The summed E-state index contributed by atoms with van der Waals surface area (Å²) in [6, 6.07) is -2.72. The fourth-order valence-electron chi connectivity index (χ4n) is 4.34. The lowest BCUT2D eigenvalue weighted by atomic mass is 10.0. The van der Waals surface area contributed by atoms with Crippen LogP contribution in [0.3, 0.4) is 0 Å². The number of carboxylic acids is 2. The van der Waals surface area contributed by atoms with Crippen LogP contribution in [0.2, 0.25) is 0 Å². The minimum absolute atomic E-state index is 0.209. The minimum atomic E-state index is -4.90. The number of hydrogen-bond acceptors (Lipinski definition) is 9. The van der Waals surface area contributed by atoms with Crippen molar-refractivity contribution in [3.05, 3.63) is 40.2 Å². The number of alkyl halides is 3. The average Bonchev–Trinajstić information content (AvgIpc) is 2.95. The van der Waals surface area contributed by atoms with E-state index in [1.165, 1.54) is 20.8 Å². The van der Waals surface area contributed by atoms with Gasteiger partial charge in [0.05, 0.1) is 12.0 Å². The molecule has 0 aliphatic heterocycles. The van der Waals surface area contributed by atoms with Crippen LogP contribution >= 0.6 is 0 Å². The van der Waals surface area contributed by atoms with Crippen molar-refractivity contribution in [1.82, 2.24) is 21.3 Å². The van der Waals surface area contributed by atoms with Crippen molar-refractivity contribution < 1.29 is 61.4 Å². The number of carbonyl (C=O) groups is 7. The van der Waals surface area contributed by atoms with E-state index in [2.05, 4.69) is 26.6 Å². The van der Waals surface area contributed by atoms with E-state index in [9.17, 15) is 56.6 Å². The molecule has 0 aliphatic rings. The predicted molar refractivity (Wildman–Crippen MR) is 159 cm³/mol. The van der Waals surface area contributed by atoms with Gasteiger partial charge in [0.15, 0.2) is 0 Å². The quantitative estimate of drug-likeness (QED) is 0.129. The van der Waals surface area contributed by atoms with E-state index in [4.69, 9.17) is 9.52 Å². The average molecular weight is 686 g/mol. The number of fused-ring (bicyclic) bond motifs is 1. The van der Waals surface area contributed by atoms with Gasteiger partial charge in [-0.15, -0.1) is 0 Å². The molecule has 0 saturated carbocycles. The van der Waals surface area contributed by atoms with Crippen LogP contribution in [-0.4, -0.2) is 75.9 Å². The molecule has 1 aromatic heterocycles. The second-order valence-electron chi connectivity index (χ2n) is 11.0. The highest BCUT2D eigenvalue weighted by Crippen LogP contribution is 2.34. The summed E-state index contributed by atoms with van der Waals surface area (Å²) in [5.41, 5.74) is -3.34. The monoisotopic (exact) mass is 685 g/mol. The molecule has 0 saturated heterocycles. The van der Waals surface area contributed by atoms with Crippen LogP contribution in [0.25, 0.3) is 11.0 Å². The van der Waals surface area contributed by atoms with Crippen molar-refractivity contribution in [2.75, 3.05) is 5.32 Å². The summed E-state index contributed by atoms with van der Waals surface area (Å²) in [6.45, 7) is 5.43. The second kappa shape index (κ2) is 16.4. The topological polar surface area (TPSA) is 250 Å². The fourth-order valence-corrected chi connectivity index (χ4v) is 4.34. The summed E-state index contributed by atoms with van der Waals surface area (Å²) in [6.07, 6.45) is -6.85. The van der Waals surface area contributed by atoms with Crippen LogP contribution in [0.15, 0.2) is 33.5 Å². The molecule has 262 valence electrons. The number of hydrogen-bond donors (Lipinski definition) is 7. The summed E-state index contributed by atoms with van der Waals surface area (Å²) < 4.78 is 44.9. The van der Waals surface area contributed by atoms with Gasteiger partial charge in [-0.25, -0.2) is 4.79 Å². The van der Waals surface area contributed by atoms with Gasteiger partial charge in [-0.05, 0) is 31.4 Å². The third-order valence-corrected chi connectivity index (χ3v) is 6.67. The van der Waals surface area contributed by atoms with Gasteiger partial charge in [-0.3, -0.25) is 33.6 Å². The summed E-state index contributed by atoms with van der Waals surface area (Å²) in [4.78, 5) is 97.7. The maximum Gasteiger partial charge on any atom is 0.417 e. The van der Waals surface area contributed by atoms with Gasteiger partial charge in [0.25, 0.3) is 0 Å². The van der Waals surface area contributed by atoms with Gasteiger partial charge in [-0.2, -0.15) is 13.2 Å². The molecule has 0 spiro atoms. The van der Waals surface area contributed by atoms with E-state index in [-0.39, 0.29) is 11.8 Å². The van der Waals surface area contributed by atoms with Crippen LogP contribution in [-0.2, 0) is 39.7 Å². The molecular weight excluding hydrogens is 651 g/mol. The van der Waals surface area contributed by atoms with E-state index in [0.29, 0.717) is 0 Å². The molecule has 2 aromatic rings. The molecule has 0 fully saturated rings. The van der Waals surface area contributed by atoms with Crippen molar-refractivity contribution in [2.24, 2.45) is 5.92 Å². The molecule has 19 heteroatoms. The van der Waals surface area contributed by atoms with Crippen molar-refractivity contribution >= 4 is 58.1 Å². The maximum absolute atomic E-state index is 13.4. The van der Waals surface area contributed by atoms with E-state index in [0.717, 1.165) is 25.1 Å². The molecular formula is C29H34F3N5O11. The lowest BCUT2D eigenvalue weighted by molar-refractivity contribution is -0.141. The van der Waals surface area contributed by atoms with Crippen molar-refractivity contribution in [2.45, 2.75) is 77.3 Å². The third-order valence-electron chi connectivity index (χ3n) is 6.67. The Kier molecular flexibility index (Phi) is 13.2. The highest BCUT2D eigenvalue weighted by molar-refractivity contribution is 6.01. The van der Waals surface area contributed by atoms with Crippen molar-refractivity contribution in [3.63, 3.8) is 0 Å². The SMILES string of the molecule is CC(=O)NC(C)C(=O)NC(CCC(=O)O)C(=O)NC(C(=O)NC(CC(=O)O)C(=O)Nc1ccc2c(C(F)(F)F)cc(=O)oc2c1)C(C)C. The summed E-state index contributed by atoms with van der Waals surface area (Å²) >= 11 is 0. The zero-order chi connectivity index (χ0) is 36.5. The molecule has 0 bridgehead atoms. The minimum Gasteiger partial charge on any atom is -0.481 e. The summed E-state index contributed by atoms with van der Waals surface area (Å²) in [7, 11) is 0. The Morgan fingerprint density at radius 3 is 1.98 bits per heavy atom. The molecule has 4 atom stereocenters. The summed E-state index contributed by atoms with van der Waals surface area (Å²) in [5.74, 6) is -8.10. The van der Waals surface area contributed by atoms with Gasteiger partial charge >= 0.3 is 23.7 Å². The lowest BCUT2D eigenvalue weighted by Crippen LogP contribution is -2.59. The van der Waals surface area contributed by atoms with Crippen LogP contribution in [0.1, 0.15) is 52.5 Å². The Balaban J connectivity index is 2.28. The highest BCUT2D eigenvalue weighted by Gasteiger charge is 2.35. The Morgan fingerprint density at radius 1 is 0.812 bits per heavy atom. The molecule has 0 aliphatic carbocycles. The van der Waals surface area contributed by atoms with Gasteiger partial charge < -0.3 is 41.2 Å². The second-order valence-corrected chi connectivity index (χ2v) is 11.0. The van der Waals surface area contributed by atoms with Crippen LogP contribution in [0.5, 0.6) is 0 Å². The number of carbonyl (C=O) groups excluding carboxylic acids is 5. The first kappa shape index (κ1) is 38.7. The lowest BCUT2D eigenvalue weighted by Gasteiger charge is -2.27. The molecule has 48 heavy (non-hydrogen) atoms. The zero-order valence-corrected chi connectivity index (χ0v) is 26.0. The van der Waals surface area contributed by atoms with Gasteiger partial charge in [-0.1, -0.05) is 13.8 Å². The Hall–Kier alpha value is -5.49. The molecule has 0 radical (unpaired) electrons. The van der Waals surface area contributed by atoms with E-state index >= 15 is 0 Å². The first-order valence-corrected chi connectivity index (χ1v) is 14.3. The number of anilines is 1. The largest absolute Gasteiger partial charge is 0.481 e. The molecule has 1 heterocycles. The molecule has 5 amide bonds. The van der Waals surface area contributed by atoms with Crippen LogP contribution < -0.4 is 32.2 Å². The maximum atomic E-state index is 13.4. The van der Waals surface area contributed by atoms with Crippen molar-refractivity contribution in [3.8, 4) is 0 Å². The molecule has 1 aromatic carbocycles. The molecule has 4 unspecified atom stereocenters. The van der Waals surface area contributed by atoms with Gasteiger partial charge in [0.1, 0.15) is 29.8 Å². The normalized spacial score (nSPS) is 13.8. The van der Waals surface area contributed by atoms with Crippen molar-refractivity contribution in [1.29, 1.82) is 0 Å². The third kappa shape index (κ3) is 11.4. The number of carboxylic acid groups (broad SMARTS) is 2. The number of amides is 5. The number of aliphatic carboxylic acids is 2. The number of nitrogens with one attached hydrogen (secondary N) is 5. The molecule has 16 nitrogen and oxygen atoms in total. The van der Waals surface area contributed by atoms with Crippen LogP contribution in [0.4, 0.5) is 18.9 Å². The smallest absolute Gasteiger partial charge is 0.417 e. The first-order chi connectivity index (χ1) is 22.2. The van der Waals surface area contributed by atoms with Crippen LogP contribution in [0, 0.1) is 5.92 Å². The van der Waals surface area contributed by atoms with E-state index in [1.54, 1.807) is 0 Å². The highest BCUT2D eigenvalue weighted by atomic mass is 19.4. The standard InChI is InChI=1S/C29H34F3N5O11/c1-12(2)24(37-26(45)18(7-8-21(39)40)35-25(44)13(3)33-14(4)38)28(47)36-19(11-22(41)42)27(46)34-15-5-6-16-17(29(30,31)32)10-23(43)48-20(16)9-15/h5-6,9-10,12-13,18-19,24H,7-8,11H2,1-4H3,(H,33,38)(H,34,46)(H,35,44)(H,36,47)(H,37,45)(H,39,40)(H,41,42). The Bertz CT molecular complexity index is 1640. The van der Waals surface area contributed by atoms with Gasteiger partial charge in [0, 0.05) is 36.6 Å². The van der Waals surface area contributed by atoms with Gasteiger partial charge in [0.2, 0.25) is 29.5 Å². The predicted octanol–water partition coefficient (Wildman–Crippen LogP) is 0.725. The van der Waals surface area contributed by atoms with E-state index in [1.807, 2.05) is 0 Å². The Labute approximate surface area is 269 Å². The molecule has 7 N–H and O–H groups in total.